The molecule has 2 heterocycles. The highest BCUT2D eigenvalue weighted by atomic mass is 32.2. The van der Waals surface area contributed by atoms with Crippen LogP contribution < -0.4 is 10.1 Å². The molecule has 0 saturated heterocycles. The first-order valence-corrected chi connectivity index (χ1v) is 9.84. The molecular weight excluding hydrogens is 358 g/mol. The van der Waals surface area contributed by atoms with Crippen molar-refractivity contribution in [3.05, 3.63) is 70.9 Å². The van der Waals surface area contributed by atoms with Crippen LogP contribution in [0.15, 0.2) is 48.5 Å². The van der Waals surface area contributed by atoms with Crippen LogP contribution in [0.5, 0.6) is 5.75 Å². The predicted molar refractivity (Wildman–Crippen MR) is 109 cm³/mol. The average Bonchev–Trinajstić information content (AvgIpc) is 2.88. The number of hydrogen-bond acceptors (Lipinski definition) is 4. The third kappa shape index (κ3) is 3.21. The maximum absolute atomic E-state index is 12.4. The van der Waals surface area contributed by atoms with Crippen LogP contribution in [-0.2, 0) is 4.79 Å². The van der Waals surface area contributed by atoms with E-state index in [-0.39, 0.29) is 11.2 Å². The summed E-state index contributed by atoms with van der Waals surface area (Å²) in [5.74, 6) is 1.94. The Bertz CT molecular complexity index is 995. The normalized spacial score (nSPS) is 16.4. The lowest BCUT2D eigenvalue weighted by Gasteiger charge is -2.17. The van der Waals surface area contributed by atoms with E-state index in [2.05, 4.69) is 24.4 Å². The third-order valence-electron chi connectivity index (χ3n) is 4.80. The first kappa shape index (κ1) is 17.7. The minimum absolute atomic E-state index is 0.00741. The predicted octanol–water partition coefficient (Wildman–Crippen LogP) is 4.27. The molecule has 1 aliphatic rings. The number of thioether (sulfide) groups is 1. The van der Waals surface area contributed by atoms with Crippen molar-refractivity contribution < 1.29 is 9.53 Å². The van der Waals surface area contributed by atoms with Gasteiger partial charge in [-0.2, -0.15) is 5.10 Å². The van der Waals surface area contributed by atoms with E-state index in [1.54, 1.807) is 18.9 Å². The van der Waals surface area contributed by atoms with Gasteiger partial charge in [0.2, 0.25) is 5.91 Å². The largest absolute Gasteiger partial charge is 0.497 e. The van der Waals surface area contributed by atoms with E-state index >= 15 is 0 Å². The molecule has 5 nitrogen and oxygen atoms in total. The first-order valence-electron chi connectivity index (χ1n) is 8.79. The quantitative estimate of drug-likeness (QED) is 0.738. The van der Waals surface area contributed by atoms with Crippen LogP contribution in [0, 0.1) is 13.8 Å². The summed E-state index contributed by atoms with van der Waals surface area (Å²) < 4.78 is 7.06. The van der Waals surface area contributed by atoms with Crippen molar-refractivity contribution in [3.8, 4) is 11.4 Å². The van der Waals surface area contributed by atoms with Gasteiger partial charge in [0.1, 0.15) is 11.6 Å². The zero-order valence-corrected chi connectivity index (χ0v) is 16.3. The fourth-order valence-corrected chi connectivity index (χ4v) is 4.70. The van der Waals surface area contributed by atoms with E-state index in [1.807, 2.05) is 48.0 Å². The minimum atomic E-state index is -0.00741. The lowest BCUT2D eigenvalue weighted by atomic mass is 10.00. The Morgan fingerprint density at radius 2 is 1.89 bits per heavy atom. The summed E-state index contributed by atoms with van der Waals surface area (Å²) in [5, 5.41) is 7.88. The molecule has 0 bridgehead atoms. The molecule has 0 radical (unpaired) electrons. The molecule has 1 amide bonds. The van der Waals surface area contributed by atoms with E-state index in [4.69, 9.17) is 9.84 Å². The SMILES string of the molecule is COc1ccc(-n2nc(C)c3c2NC(=O)CS[C@@H]3c2ccccc2C)cc1. The monoisotopic (exact) mass is 379 g/mol. The van der Waals surface area contributed by atoms with Crippen molar-refractivity contribution in [2.75, 3.05) is 18.2 Å². The molecule has 6 heteroatoms. The molecule has 0 fully saturated rings. The summed E-state index contributed by atoms with van der Waals surface area (Å²) in [6.07, 6.45) is 0. The van der Waals surface area contributed by atoms with E-state index in [1.165, 1.54) is 11.1 Å². The van der Waals surface area contributed by atoms with Crippen LogP contribution in [-0.4, -0.2) is 28.6 Å². The van der Waals surface area contributed by atoms with Gasteiger partial charge in [-0.25, -0.2) is 4.68 Å². The zero-order chi connectivity index (χ0) is 19.0. The van der Waals surface area contributed by atoms with Crippen LogP contribution >= 0.6 is 11.8 Å². The second kappa shape index (κ2) is 7.12. The highest BCUT2D eigenvalue weighted by Gasteiger charge is 2.31. The van der Waals surface area contributed by atoms with Gasteiger partial charge in [0.25, 0.3) is 0 Å². The number of aryl methyl sites for hydroxylation is 2. The van der Waals surface area contributed by atoms with Crippen molar-refractivity contribution in [1.29, 1.82) is 0 Å². The van der Waals surface area contributed by atoms with Crippen LogP contribution in [0.1, 0.15) is 27.6 Å². The molecule has 1 N–H and O–H groups in total. The summed E-state index contributed by atoms with van der Waals surface area (Å²) in [6, 6.07) is 16.0. The Morgan fingerprint density at radius 1 is 1.15 bits per heavy atom. The number of ether oxygens (including phenoxy) is 1. The molecule has 3 aromatic rings. The maximum Gasteiger partial charge on any atom is 0.235 e. The summed E-state index contributed by atoms with van der Waals surface area (Å²) in [5.41, 5.74) is 5.31. The Kier molecular flexibility index (Phi) is 4.66. The molecule has 27 heavy (non-hydrogen) atoms. The number of methoxy groups -OCH3 is 1. The number of anilines is 1. The van der Waals surface area contributed by atoms with E-state index in [0.717, 1.165) is 28.5 Å². The number of rotatable bonds is 3. The number of hydrogen-bond donors (Lipinski definition) is 1. The highest BCUT2D eigenvalue weighted by molar-refractivity contribution is 8.00. The lowest BCUT2D eigenvalue weighted by Crippen LogP contribution is -2.15. The Morgan fingerprint density at radius 3 is 2.59 bits per heavy atom. The molecule has 1 atom stereocenters. The smallest absolute Gasteiger partial charge is 0.235 e. The van der Waals surface area contributed by atoms with Crippen molar-refractivity contribution in [1.82, 2.24) is 9.78 Å². The van der Waals surface area contributed by atoms with Gasteiger partial charge in [-0.15, -0.1) is 11.8 Å². The molecule has 0 spiro atoms. The van der Waals surface area contributed by atoms with Gasteiger partial charge in [-0.05, 0) is 49.2 Å². The summed E-state index contributed by atoms with van der Waals surface area (Å²) in [7, 11) is 1.64. The molecule has 2 aromatic carbocycles. The number of amides is 1. The highest BCUT2D eigenvalue weighted by Crippen LogP contribution is 2.44. The van der Waals surface area contributed by atoms with Crippen LogP contribution in [0.2, 0.25) is 0 Å². The number of nitrogens with one attached hydrogen (secondary N) is 1. The molecule has 4 rings (SSSR count). The van der Waals surface area contributed by atoms with Crippen molar-refractivity contribution >= 4 is 23.5 Å². The van der Waals surface area contributed by atoms with Gasteiger partial charge in [-0.1, -0.05) is 24.3 Å². The number of benzene rings is 2. The van der Waals surface area contributed by atoms with E-state index < -0.39 is 0 Å². The summed E-state index contributed by atoms with van der Waals surface area (Å²) >= 11 is 1.65. The standard InChI is InChI=1S/C21H21N3O2S/c1-13-6-4-5-7-17(13)20-19-14(2)23-24(21(19)22-18(25)12-27-20)15-8-10-16(26-3)11-9-15/h4-11,20H,12H2,1-3H3,(H,22,25)/t20-/m1/s1. The Hall–Kier alpha value is -2.73. The summed E-state index contributed by atoms with van der Waals surface area (Å²) in [4.78, 5) is 12.4. The number of fused-ring (bicyclic) bond motifs is 1. The third-order valence-corrected chi connectivity index (χ3v) is 6.05. The van der Waals surface area contributed by atoms with Gasteiger partial charge in [0.15, 0.2) is 0 Å². The lowest BCUT2D eigenvalue weighted by molar-refractivity contribution is -0.113. The Labute approximate surface area is 162 Å². The molecule has 1 aromatic heterocycles. The molecule has 1 aliphatic heterocycles. The van der Waals surface area contributed by atoms with E-state index in [0.29, 0.717) is 5.75 Å². The molecular formula is C21H21N3O2S. The van der Waals surface area contributed by atoms with Crippen molar-refractivity contribution in [3.63, 3.8) is 0 Å². The summed E-state index contributed by atoms with van der Waals surface area (Å²) in [6.45, 7) is 4.11. The van der Waals surface area contributed by atoms with Gasteiger partial charge in [0, 0.05) is 5.56 Å². The molecule has 0 aliphatic carbocycles. The van der Waals surface area contributed by atoms with Gasteiger partial charge >= 0.3 is 0 Å². The van der Waals surface area contributed by atoms with Crippen LogP contribution in [0.25, 0.3) is 5.69 Å². The minimum Gasteiger partial charge on any atom is -0.497 e. The van der Waals surface area contributed by atoms with Crippen LogP contribution in [0.3, 0.4) is 0 Å². The van der Waals surface area contributed by atoms with Gasteiger partial charge in [-0.3, -0.25) is 4.79 Å². The second-order valence-electron chi connectivity index (χ2n) is 6.55. The second-order valence-corrected chi connectivity index (χ2v) is 7.65. The zero-order valence-electron chi connectivity index (χ0n) is 15.5. The van der Waals surface area contributed by atoms with Gasteiger partial charge < -0.3 is 10.1 Å². The van der Waals surface area contributed by atoms with Crippen molar-refractivity contribution in [2.24, 2.45) is 0 Å². The number of nitrogens with zero attached hydrogens (tertiary/aromatic N) is 2. The molecule has 0 unspecified atom stereocenters. The topological polar surface area (TPSA) is 56.1 Å². The number of carbonyl (C=O) groups is 1. The number of aromatic nitrogens is 2. The van der Waals surface area contributed by atoms with Crippen LogP contribution in [0.4, 0.5) is 5.82 Å². The maximum atomic E-state index is 12.4. The fourth-order valence-electron chi connectivity index (χ4n) is 3.42. The van der Waals surface area contributed by atoms with E-state index in [9.17, 15) is 4.79 Å². The van der Waals surface area contributed by atoms with Crippen molar-refractivity contribution in [2.45, 2.75) is 19.1 Å². The average molecular weight is 379 g/mol. The Balaban J connectivity index is 1.87. The van der Waals surface area contributed by atoms with Gasteiger partial charge in [0.05, 0.1) is 29.5 Å². The first-order chi connectivity index (χ1) is 13.1. The molecule has 0 saturated carbocycles. The number of carbonyl (C=O) groups excluding carboxylic acids is 1. The fraction of sp³-hybridized carbons (Fsp3) is 0.238. The molecule has 138 valence electrons.